The minimum absolute atomic E-state index is 0. The lowest BCUT2D eigenvalue weighted by molar-refractivity contribution is 0.131. The van der Waals surface area contributed by atoms with E-state index in [0.717, 1.165) is 11.6 Å². The summed E-state index contributed by atoms with van der Waals surface area (Å²) < 4.78 is 6.11. The lowest BCUT2D eigenvalue weighted by Crippen LogP contribution is -2.32. The molecule has 2 bridgehead atoms. The first-order valence-electron chi connectivity index (χ1n) is 6.05. The van der Waals surface area contributed by atoms with Crippen LogP contribution in [0.3, 0.4) is 0 Å². The second-order valence-electron chi connectivity index (χ2n) is 4.49. The SMILES string of the molecule is Cl.SSSSSSc1nccnc1O[C@H]1CN2CC[C@@H]1C2. The molecule has 2 aliphatic rings. The van der Waals surface area contributed by atoms with Crippen LogP contribution in [0, 0.1) is 5.92 Å². The molecule has 1 unspecified atom stereocenters. The molecule has 4 nitrogen and oxygen atoms in total. The molecular formula is C10H14ClN3OS6. The number of fused-ring (bicyclic) bond motifs is 2. The minimum Gasteiger partial charge on any atom is -0.471 e. The molecule has 0 radical (unpaired) electrons. The van der Waals surface area contributed by atoms with Crippen molar-refractivity contribution in [3.05, 3.63) is 12.4 Å². The van der Waals surface area contributed by atoms with E-state index in [4.69, 9.17) is 4.74 Å². The highest BCUT2D eigenvalue weighted by atomic mass is 35.5. The summed E-state index contributed by atoms with van der Waals surface area (Å²) in [6, 6.07) is 0. The highest BCUT2D eigenvalue weighted by Crippen LogP contribution is 2.52. The van der Waals surface area contributed by atoms with Gasteiger partial charge in [0.2, 0.25) is 5.88 Å². The van der Waals surface area contributed by atoms with E-state index < -0.39 is 0 Å². The van der Waals surface area contributed by atoms with Crippen molar-refractivity contribution in [2.24, 2.45) is 5.92 Å². The predicted molar refractivity (Wildman–Crippen MR) is 103 cm³/mol. The Bertz CT molecular complexity index is 459. The number of nitrogens with zero attached hydrogens (tertiary/aromatic N) is 3. The van der Waals surface area contributed by atoms with Crippen molar-refractivity contribution in [1.82, 2.24) is 14.9 Å². The number of thiol groups is 1. The van der Waals surface area contributed by atoms with Gasteiger partial charge in [0.25, 0.3) is 0 Å². The van der Waals surface area contributed by atoms with Gasteiger partial charge in [0.1, 0.15) is 6.10 Å². The van der Waals surface area contributed by atoms with Crippen molar-refractivity contribution in [2.45, 2.75) is 17.6 Å². The van der Waals surface area contributed by atoms with Crippen LogP contribution in [0.25, 0.3) is 0 Å². The van der Waals surface area contributed by atoms with E-state index in [1.807, 2.05) is 0 Å². The van der Waals surface area contributed by atoms with Gasteiger partial charge in [-0.2, -0.15) is 0 Å². The zero-order chi connectivity index (χ0) is 13.8. The minimum atomic E-state index is 0. The van der Waals surface area contributed by atoms with Crippen molar-refractivity contribution in [3.63, 3.8) is 0 Å². The maximum atomic E-state index is 6.11. The maximum absolute atomic E-state index is 6.11. The van der Waals surface area contributed by atoms with Gasteiger partial charge < -0.3 is 4.74 Å². The van der Waals surface area contributed by atoms with E-state index in [0.29, 0.717) is 11.8 Å². The summed E-state index contributed by atoms with van der Waals surface area (Å²) in [6.07, 6.45) is 4.93. The van der Waals surface area contributed by atoms with E-state index in [1.165, 1.54) is 29.3 Å². The summed E-state index contributed by atoms with van der Waals surface area (Å²) in [6.45, 7) is 3.42. The van der Waals surface area contributed by atoms with Gasteiger partial charge in [-0.3, -0.25) is 4.90 Å². The summed E-state index contributed by atoms with van der Waals surface area (Å²) in [5.74, 6) is 1.33. The van der Waals surface area contributed by atoms with Gasteiger partial charge in [0, 0.05) is 31.4 Å². The molecule has 0 saturated carbocycles. The Morgan fingerprint density at radius 1 is 1.19 bits per heavy atom. The molecule has 0 amide bonds. The van der Waals surface area contributed by atoms with E-state index in [9.17, 15) is 0 Å². The summed E-state index contributed by atoms with van der Waals surface area (Å²) in [5, 5.41) is 0.854. The Balaban J connectivity index is 0.00000161. The Morgan fingerprint density at radius 2 is 2.05 bits per heavy atom. The van der Waals surface area contributed by atoms with Gasteiger partial charge in [-0.1, -0.05) is 11.7 Å². The first kappa shape index (κ1) is 18.6. The van der Waals surface area contributed by atoms with Crippen molar-refractivity contribution in [1.29, 1.82) is 0 Å². The maximum Gasteiger partial charge on any atom is 0.248 e. The third-order valence-electron chi connectivity index (χ3n) is 3.37. The second kappa shape index (κ2) is 9.51. The summed E-state index contributed by atoms with van der Waals surface area (Å²) in [7, 11) is 7.97. The van der Waals surface area contributed by atoms with E-state index in [-0.39, 0.29) is 18.5 Å². The molecule has 0 aliphatic carbocycles. The number of ether oxygens (including phenoxy) is 1. The number of aromatic nitrogens is 2. The van der Waals surface area contributed by atoms with Crippen molar-refractivity contribution >= 4 is 74.2 Å². The second-order valence-corrected chi connectivity index (χ2v) is 12.8. The van der Waals surface area contributed by atoms with Crippen LogP contribution in [-0.4, -0.2) is 40.6 Å². The van der Waals surface area contributed by atoms with Gasteiger partial charge in [-0.05, 0) is 63.1 Å². The monoisotopic (exact) mass is 419 g/mol. The van der Waals surface area contributed by atoms with Gasteiger partial charge in [0.15, 0.2) is 5.03 Å². The van der Waals surface area contributed by atoms with Crippen LogP contribution in [-0.2, 0) is 0 Å². The third-order valence-corrected chi connectivity index (χ3v) is 12.0. The molecule has 1 aromatic rings. The van der Waals surface area contributed by atoms with Gasteiger partial charge in [-0.25, -0.2) is 9.97 Å². The molecule has 3 atom stereocenters. The molecule has 1 aromatic heterocycles. The molecule has 11 heteroatoms. The third kappa shape index (κ3) is 5.10. The Kier molecular flexibility index (Phi) is 8.41. The quantitative estimate of drug-likeness (QED) is 0.390. The predicted octanol–water partition coefficient (Wildman–Crippen LogP) is 4.51. The fourth-order valence-electron chi connectivity index (χ4n) is 2.53. The Labute approximate surface area is 154 Å². The summed E-state index contributed by atoms with van der Waals surface area (Å²) in [4.78, 5) is 11.2. The fourth-order valence-corrected chi connectivity index (χ4v) is 10.9. The molecule has 3 rings (SSSR count). The van der Waals surface area contributed by atoms with Crippen LogP contribution in [0.5, 0.6) is 5.88 Å². The van der Waals surface area contributed by atoms with Crippen LogP contribution < -0.4 is 4.74 Å². The number of rotatable bonds is 7. The average Bonchev–Trinajstić information content (AvgIpc) is 3.08. The van der Waals surface area contributed by atoms with Crippen molar-refractivity contribution in [2.75, 3.05) is 19.6 Å². The molecule has 0 N–H and O–H groups in total. The molecule has 2 saturated heterocycles. The number of hydrogen-bond acceptors (Lipinski definition) is 10. The smallest absolute Gasteiger partial charge is 0.248 e. The van der Waals surface area contributed by atoms with Crippen LogP contribution in [0.15, 0.2) is 17.4 Å². The standard InChI is InChI=1S/C10H13N3OS6.ClH/c15-17-19-20-18-16-10-9(11-2-3-12-10)14-8-6-13-4-1-7(8)5-13;/h2-3,7-8,15H,1,4-6H2;1H/t7-,8+;/m1./s1. The zero-order valence-corrected chi connectivity index (χ0v) is 16.6. The normalized spacial score (nSPS) is 26.6. The highest BCUT2D eigenvalue weighted by Gasteiger charge is 2.40. The molecule has 0 spiro atoms. The highest BCUT2D eigenvalue weighted by molar-refractivity contribution is 9.41. The number of halogens is 1. The van der Waals surface area contributed by atoms with Crippen molar-refractivity contribution < 1.29 is 4.74 Å². The topological polar surface area (TPSA) is 38.3 Å². The first-order chi connectivity index (χ1) is 9.86. The van der Waals surface area contributed by atoms with Crippen molar-refractivity contribution in [3.8, 4) is 5.88 Å². The van der Waals surface area contributed by atoms with E-state index in [2.05, 4.69) is 26.5 Å². The van der Waals surface area contributed by atoms with Crippen LogP contribution in [0.2, 0.25) is 0 Å². The van der Waals surface area contributed by atoms with E-state index in [1.54, 1.807) is 52.7 Å². The Hall–Kier alpha value is 1.23. The largest absolute Gasteiger partial charge is 0.471 e. The summed E-state index contributed by atoms with van der Waals surface area (Å²) in [5.41, 5.74) is 0. The van der Waals surface area contributed by atoms with Crippen LogP contribution in [0.1, 0.15) is 6.42 Å². The Morgan fingerprint density at radius 3 is 2.76 bits per heavy atom. The molecule has 2 fully saturated rings. The van der Waals surface area contributed by atoms with Gasteiger partial charge >= 0.3 is 0 Å². The fraction of sp³-hybridized carbons (Fsp3) is 0.600. The molecule has 3 heterocycles. The van der Waals surface area contributed by atoms with Crippen LogP contribution >= 0.6 is 74.2 Å². The molecule has 21 heavy (non-hydrogen) atoms. The zero-order valence-electron chi connectivity index (χ0n) is 10.8. The first-order valence-corrected chi connectivity index (χ1v) is 13.2. The molecular weight excluding hydrogens is 406 g/mol. The van der Waals surface area contributed by atoms with E-state index >= 15 is 0 Å². The number of hydrogen-bond donors (Lipinski definition) is 1. The van der Waals surface area contributed by atoms with Gasteiger partial charge in [0.05, 0.1) is 0 Å². The van der Waals surface area contributed by atoms with Crippen LogP contribution in [0.4, 0.5) is 0 Å². The number of piperidine rings is 1. The average molecular weight is 420 g/mol. The molecule has 0 aromatic carbocycles. The molecule has 118 valence electrons. The lowest BCUT2D eigenvalue weighted by atomic mass is 10.0. The lowest BCUT2D eigenvalue weighted by Gasteiger charge is -2.23. The summed E-state index contributed by atoms with van der Waals surface area (Å²) >= 11 is 4.08. The molecule has 2 aliphatic heterocycles. The van der Waals surface area contributed by atoms with Gasteiger partial charge in [-0.15, -0.1) is 12.4 Å².